The predicted octanol–water partition coefficient (Wildman–Crippen LogP) is 2.79. The molecule has 1 saturated heterocycles. The van der Waals surface area contributed by atoms with E-state index in [1.165, 1.54) is 18.2 Å². The number of thioether (sulfide) groups is 1. The summed E-state index contributed by atoms with van der Waals surface area (Å²) in [5.74, 6) is 2.16. The highest BCUT2D eigenvalue weighted by Crippen LogP contribution is 2.28. The standard InChI is InChI=1S/C16H20N4O2S/c1-11-5-4-8-20(9-11)14(21)10-23-16-13(6-3-7-17-16)15-18-12(2)22-19-15/h3,6-7,11H,4-5,8-10H2,1-2H3. The van der Waals surface area contributed by atoms with Crippen LogP contribution in [0.3, 0.4) is 0 Å². The van der Waals surface area contributed by atoms with Crippen molar-refractivity contribution < 1.29 is 9.32 Å². The Morgan fingerprint density at radius 2 is 2.39 bits per heavy atom. The summed E-state index contributed by atoms with van der Waals surface area (Å²) < 4.78 is 5.03. The molecule has 1 atom stereocenters. The summed E-state index contributed by atoms with van der Waals surface area (Å²) >= 11 is 1.43. The first-order valence-corrected chi connectivity index (χ1v) is 8.78. The number of aryl methyl sites for hydroxylation is 1. The third-order valence-electron chi connectivity index (χ3n) is 3.88. The molecule has 7 heteroatoms. The first-order chi connectivity index (χ1) is 11.1. The molecule has 3 heterocycles. The quantitative estimate of drug-likeness (QED) is 0.802. The minimum atomic E-state index is 0.169. The van der Waals surface area contributed by atoms with E-state index in [2.05, 4.69) is 22.0 Å². The monoisotopic (exact) mass is 332 g/mol. The van der Waals surface area contributed by atoms with Crippen molar-refractivity contribution in [2.45, 2.75) is 31.7 Å². The molecule has 1 aliphatic rings. The van der Waals surface area contributed by atoms with Crippen molar-refractivity contribution in [3.63, 3.8) is 0 Å². The molecule has 0 bridgehead atoms. The second-order valence-corrected chi connectivity index (χ2v) is 6.83. The minimum absolute atomic E-state index is 0.169. The van der Waals surface area contributed by atoms with E-state index in [1.54, 1.807) is 13.1 Å². The number of hydrogen-bond donors (Lipinski definition) is 0. The Kier molecular flexibility index (Phi) is 4.95. The number of nitrogens with zero attached hydrogens (tertiary/aromatic N) is 4. The van der Waals surface area contributed by atoms with Crippen molar-refractivity contribution in [2.75, 3.05) is 18.8 Å². The third kappa shape index (κ3) is 3.90. The van der Waals surface area contributed by atoms with E-state index >= 15 is 0 Å². The summed E-state index contributed by atoms with van der Waals surface area (Å²) in [6, 6.07) is 3.73. The van der Waals surface area contributed by atoms with Crippen molar-refractivity contribution in [3.8, 4) is 11.4 Å². The maximum Gasteiger partial charge on any atom is 0.232 e. The Morgan fingerprint density at radius 3 is 3.13 bits per heavy atom. The molecule has 1 amide bonds. The first-order valence-electron chi connectivity index (χ1n) is 7.80. The molecule has 1 fully saturated rings. The fraction of sp³-hybridized carbons (Fsp3) is 0.500. The van der Waals surface area contributed by atoms with E-state index in [-0.39, 0.29) is 5.91 Å². The highest BCUT2D eigenvalue weighted by atomic mass is 32.2. The van der Waals surface area contributed by atoms with E-state index in [0.29, 0.717) is 23.4 Å². The van der Waals surface area contributed by atoms with Gasteiger partial charge in [0.2, 0.25) is 17.6 Å². The number of piperidine rings is 1. The Bertz CT molecular complexity index is 688. The van der Waals surface area contributed by atoms with Gasteiger partial charge in [-0.15, -0.1) is 0 Å². The van der Waals surface area contributed by atoms with Gasteiger partial charge in [-0.3, -0.25) is 4.79 Å². The van der Waals surface area contributed by atoms with E-state index in [0.717, 1.165) is 30.1 Å². The van der Waals surface area contributed by atoms with Gasteiger partial charge in [0.1, 0.15) is 5.03 Å². The summed E-state index contributed by atoms with van der Waals surface area (Å²) in [6.45, 7) is 5.67. The number of amides is 1. The lowest BCUT2D eigenvalue weighted by molar-refractivity contribution is -0.130. The van der Waals surface area contributed by atoms with Gasteiger partial charge in [-0.25, -0.2) is 4.98 Å². The number of aromatic nitrogens is 3. The Labute approximate surface area is 139 Å². The number of pyridine rings is 1. The maximum absolute atomic E-state index is 12.4. The molecule has 23 heavy (non-hydrogen) atoms. The lowest BCUT2D eigenvalue weighted by Gasteiger charge is -2.30. The van der Waals surface area contributed by atoms with Crippen LogP contribution in [0.4, 0.5) is 0 Å². The molecule has 6 nitrogen and oxygen atoms in total. The Hall–Kier alpha value is -1.89. The van der Waals surface area contributed by atoms with Crippen LogP contribution in [0, 0.1) is 12.8 Å². The maximum atomic E-state index is 12.4. The van der Waals surface area contributed by atoms with E-state index in [1.807, 2.05) is 17.0 Å². The zero-order chi connectivity index (χ0) is 16.2. The van der Waals surface area contributed by atoms with Gasteiger partial charge >= 0.3 is 0 Å². The number of carbonyl (C=O) groups excluding carboxylic acids is 1. The van der Waals surface area contributed by atoms with Crippen LogP contribution in [0.1, 0.15) is 25.7 Å². The van der Waals surface area contributed by atoms with E-state index < -0.39 is 0 Å². The van der Waals surface area contributed by atoms with Gasteiger partial charge in [-0.05, 0) is 30.9 Å². The van der Waals surface area contributed by atoms with Crippen molar-refractivity contribution in [1.82, 2.24) is 20.0 Å². The number of likely N-dealkylation sites (tertiary alicyclic amines) is 1. The average molecular weight is 332 g/mol. The number of hydrogen-bond acceptors (Lipinski definition) is 6. The van der Waals surface area contributed by atoms with Crippen LogP contribution in [0.25, 0.3) is 11.4 Å². The topological polar surface area (TPSA) is 72.1 Å². The van der Waals surface area contributed by atoms with Crippen molar-refractivity contribution in [2.24, 2.45) is 5.92 Å². The van der Waals surface area contributed by atoms with Crippen LogP contribution < -0.4 is 0 Å². The number of rotatable bonds is 4. The van der Waals surface area contributed by atoms with Gasteiger partial charge in [0.15, 0.2) is 0 Å². The SMILES string of the molecule is Cc1nc(-c2cccnc2SCC(=O)N2CCCC(C)C2)no1. The predicted molar refractivity (Wildman–Crippen MR) is 88.0 cm³/mol. The van der Waals surface area contributed by atoms with Crippen LogP contribution in [0.2, 0.25) is 0 Å². The second-order valence-electron chi connectivity index (χ2n) is 5.87. The smallest absolute Gasteiger partial charge is 0.232 e. The molecule has 2 aromatic rings. The van der Waals surface area contributed by atoms with Crippen LogP contribution in [-0.2, 0) is 4.79 Å². The van der Waals surface area contributed by atoms with Gasteiger partial charge < -0.3 is 9.42 Å². The first kappa shape index (κ1) is 16.0. The van der Waals surface area contributed by atoms with Crippen LogP contribution in [-0.4, -0.2) is 44.8 Å². The summed E-state index contributed by atoms with van der Waals surface area (Å²) in [7, 11) is 0. The van der Waals surface area contributed by atoms with Gasteiger partial charge in [0.05, 0.1) is 11.3 Å². The summed E-state index contributed by atoms with van der Waals surface area (Å²) in [5, 5.41) is 4.69. The second kappa shape index (κ2) is 7.12. The fourth-order valence-electron chi connectivity index (χ4n) is 2.72. The van der Waals surface area contributed by atoms with E-state index in [9.17, 15) is 4.79 Å². The highest BCUT2D eigenvalue weighted by molar-refractivity contribution is 8.00. The zero-order valence-corrected chi connectivity index (χ0v) is 14.2. The average Bonchev–Trinajstić information content (AvgIpc) is 2.99. The van der Waals surface area contributed by atoms with Gasteiger partial charge in [-0.1, -0.05) is 23.8 Å². The van der Waals surface area contributed by atoms with Crippen molar-refractivity contribution >= 4 is 17.7 Å². The highest BCUT2D eigenvalue weighted by Gasteiger charge is 2.21. The normalized spacial score (nSPS) is 18.2. The van der Waals surface area contributed by atoms with Crippen LogP contribution >= 0.6 is 11.8 Å². The molecular weight excluding hydrogens is 312 g/mol. The Morgan fingerprint density at radius 1 is 1.52 bits per heavy atom. The lowest BCUT2D eigenvalue weighted by atomic mass is 10.0. The summed E-state index contributed by atoms with van der Waals surface area (Å²) in [6.07, 6.45) is 4.01. The van der Waals surface area contributed by atoms with Crippen molar-refractivity contribution in [3.05, 3.63) is 24.2 Å². The van der Waals surface area contributed by atoms with E-state index in [4.69, 9.17) is 4.52 Å². The largest absolute Gasteiger partial charge is 0.342 e. The molecule has 0 saturated carbocycles. The van der Waals surface area contributed by atoms with Gasteiger partial charge in [0.25, 0.3) is 0 Å². The molecule has 0 radical (unpaired) electrons. The molecule has 0 spiro atoms. The van der Waals surface area contributed by atoms with Crippen molar-refractivity contribution in [1.29, 1.82) is 0 Å². The summed E-state index contributed by atoms with van der Waals surface area (Å²) in [4.78, 5) is 23.0. The molecule has 0 aliphatic carbocycles. The molecule has 1 unspecified atom stereocenters. The zero-order valence-electron chi connectivity index (χ0n) is 13.4. The molecule has 3 rings (SSSR count). The van der Waals surface area contributed by atoms with Gasteiger partial charge in [0, 0.05) is 26.2 Å². The molecule has 1 aliphatic heterocycles. The van der Waals surface area contributed by atoms with Gasteiger partial charge in [-0.2, -0.15) is 4.98 Å². The Balaban J connectivity index is 1.67. The molecular formula is C16H20N4O2S. The summed E-state index contributed by atoms with van der Waals surface area (Å²) in [5.41, 5.74) is 0.800. The fourth-order valence-corrected chi connectivity index (χ4v) is 3.61. The van der Waals surface area contributed by atoms with Crippen LogP contribution in [0.15, 0.2) is 27.9 Å². The third-order valence-corrected chi connectivity index (χ3v) is 4.87. The lowest BCUT2D eigenvalue weighted by Crippen LogP contribution is -2.40. The molecule has 2 aromatic heterocycles. The molecule has 0 N–H and O–H groups in total. The molecule has 122 valence electrons. The van der Waals surface area contributed by atoms with Crippen LogP contribution in [0.5, 0.6) is 0 Å². The minimum Gasteiger partial charge on any atom is -0.342 e. The number of carbonyl (C=O) groups is 1. The molecule has 0 aromatic carbocycles.